The smallest absolute Gasteiger partial charge is 0.142 e. The molecule has 0 amide bonds. The zero-order chi connectivity index (χ0) is 13.2. The minimum atomic E-state index is 0.491. The second-order valence-electron chi connectivity index (χ2n) is 5.05. The molecule has 1 N–H and O–H groups in total. The SMILES string of the molecule is CCNC1CCCc2nc(-c3cc(C)ccn3)sc21. The van der Waals surface area contributed by atoms with Crippen LogP contribution in [-0.4, -0.2) is 16.5 Å². The minimum absolute atomic E-state index is 0.491. The number of aromatic nitrogens is 2. The number of aryl methyl sites for hydroxylation is 2. The Kier molecular flexibility index (Phi) is 3.62. The van der Waals surface area contributed by atoms with E-state index in [0.717, 1.165) is 23.7 Å². The Morgan fingerprint density at radius 2 is 2.37 bits per heavy atom. The number of nitrogens with one attached hydrogen (secondary N) is 1. The molecular formula is C15H19N3S. The van der Waals surface area contributed by atoms with Gasteiger partial charge < -0.3 is 5.32 Å². The van der Waals surface area contributed by atoms with Gasteiger partial charge in [-0.05, 0) is 50.4 Å². The Balaban J connectivity index is 1.97. The molecule has 0 fully saturated rings. The van der Waals surface area contributed by atoms with Crippen LogP contribution in [0.25, 0.3) is 10.7 Å². The third-order valence-corrected chi connectivity index (χ3v) is 4.77. The molecule has 4 heteroatoms. The van der Waals surface area contributed by atoms with Gasteiger partial charge in [0.05, 0.1) is 11.4 Å². The molecule has 100 valence electrons. The quantitative estimate of drug-likeness (QED) is 0.930. The average Bonchev–Trinajstić information content (AvgIpc) is 2.84. The Morgan fingerprint density at radius 1 is 1.47 bits per heavy atom. The van der Waals surface area contributed by atoms with E-state index in [-0.39, 0.29) is 0 Å². The van der Waals surface area contributed by atoms with Gasteiger partial charge in [-0.2, -0.15) is 0 Å². The summed E-state index contributed by atoms with van der Waals surface area (Å²) >= 11 is 1.81. The minimum Gasteiger partial charge on any atom is -0.309 e. The fourth-order valence-electron chi connectivity index (χ4n) is 2.62. The number of nitrogens with zero attached hydrogens (tertiary/aromatic N) is 2. The molecule has 1 aliphatic rings. The zero-order valence-electron chi connectivity index (χ0n) is 11.4. The van der Waals surface area contributed by atoms with Crippen molar-refractivity contribution < 1.29 is 0 Å². The maximum atomic E-state index is 4.81. The molecule has 3 nitrogen and oxygen atoms in total. The Hall–Kier alpha value is -1.26. The summed E-state index contributed by atoms with van der Waals surface area (Å²) in [4.78, 5) is 10.7. The zero-order valence-corrected chi connectivity index (χ0v) is 12.3. The maximum absolute atomic E-state index is 4.81. The van der Waals surface area contributed by atoms with Gasteiger partial charge in [0.15, 0.2) is 0 Å². The number of fused-ring (bicyclic) bond motifs is 1. The molecule has 0 aliphatic heterocycles. The summed E-state index contributed by atoms with van der Waals surface area (Å²) < 4.78 is 0. The van der Waals surface area contributed by atoms with Gasteiger partial charge in [0.2, 0.25) is 0 Å². The molecule has 2 aromatic heterocycles. The standard InChI is InChI=1S/C15H19N3S/c1-3-16-11-5-4-6-12-14(11)19-15(18-12)13-9-10(2)7-8-17-13/h7-9,11,16H,3-6H2,1-2H3. The predicted octanol–water partition coefficient (Wildman–Crippen LogP) is 3.50. The average molecular weight is 273 g/mol. The van der Waals surface area contributed by atoms with Crippen molar-refractivity contribution in [3.8, 4) is 10.7 Å². The molecule has 0 saturated heterocycles. The van der Waals surface area contributed by atoms with E-state index < -0.39 is 0 Å². The molecular weight excluding hydrogens is 254 g/mol. The van der Waals surface area contributed by atoms with Crippen LogP contribution in [0.3, 0.4) is 0 Å². The van der Waals surface area contributed by atoms with Crippen molar-refractivity contribution in [1.29, 1.82) is 0 Å². The van der Waals surface area contributed by atoms with Crippen molar-refractivity contribution in [2.75, 3.05) is 6.54 Å². The Bertz CT molecular complexity index is 577. The van der Waals surface area contributed by atoms with Crippen LogP contribution in [0, 0.1) is 6.92 Å². The molecule has 1 atom stereocenters. The fraction of sp³-hybridized carbons (Fsp3) is 0.467. The summed E-state index contributed by atoms with van der Waals surface area (Å²) in [5, 5.41) is 4.63. The van der Waals surface area contributed by atoms with E-state index in [9.17, 15) is 0 Å². The molecule has 3 rings (SSSR count). The van der Waals surface area contributed by atoms with Gasteiger partial charge in [-0.3, -0.25) is 4.98 Å². The largest absolute Gasteiger partial charge is 0.309 e. The van der Waals surface area contributed by atoms with Crippen molar-refractivity contribution in [3.05, 3.63) is 34.5 Å². The van der Waals surface area contributed by atoms with Gasteiger partial charge in [-0.25, -0.2) is 4.98 Å². The Labute approximate surface area is 118 Å². The lowest BCUT2D eigenvalue weighted by molar-refractivity contribution is 0.476. The predicted molar refractivity (Wildman–Crippen MR) is 79.4 cm³/mol. The van der Waals surface area contributed by atoms with Gasteiger partial charge in [0.25, 0.3) is 0 Å². The van der Waals surface area contributed by atoms with Crippen LogP contribution in [0.2, 0.25) is 0 Å². The second kappa shape index (κ2) is 5.39. The summed E-state index contributed by atoms with van der Waals surface area (Å²) in [6, 6.07) is 4.63. The molecule has 0 aromatic carbocycles. The van der Waals surface area contributed by atoms with Crippen LogP contribution in [0.1, 0.15) is 41.9 Å². The van der Waals surface area contributed by atoms with Crippen LogP contribution in [0.4, 0.5) is 0 Å². The molecule has 0 saturated carbocycles. The highest BCUT2D eigenvalue weighted by molar-refractivity contribution is 7.15. The maximum Gasteiger partial charge on any atom is 0.142 e. The number of hydrogen-bond donors (Lipinski definition) is 1. The highest BCUT2D eigenvalue weighted by atomic mass is 32.1. The first-order valence-corrected chi connectivity index (χ1v) is 7.75. The number of hydrogen-bond acceptors (Lipinski definition) is 4. The van der Waals surface area contributed by atoms with E-state index in [1.165, 1.54) is 29.0 Å². The van der Waals surface area contributed by atoms with Crippen molar-refractivity contribution in [3.63, 3.8) is 0 Å². The molecule has 1 unspecified atom stereocenters. The Morgan fingerprint density at radius 3 is 3.16 bits per heavy atom. The van der Waals surface area contributed by atoms with E-state index in [0.29, 0.717) is 6.04 Å². The summed E-state index contributed by atoms with van der Waals surface area (Å²) in [7, 11) is 0. The first kappa shape index (κ1) is 12.8. The van der Waals surface area contributed by atoms with Gasteiger partial charge in [-0.1, -0.05) is 6.92 Å². The van der Waals surface area contributed by atoms with Crippen LogP contribution in [0.15, 0.2) is 18.3 Å². The highest BCUT2D eigenvalue weighted by Crippen LogP contribution is 2.37. The van der Waals surface area contributed by atoms with Crippen LogP contribution < -0.4 is 5.32 Å². The molecule has 1 aliphatic carbocycles. The summed E-state index contributed by atoms with van der Waals surface area (Å²) in [6.45, 7) is 5.28. The van der Waals surface area contributed by atoms with Crippen LogP contribution in [0.5, 0.6) is 0 Å². The lowest BCUT2D eigenvalue weighted by Crippen LogP contribution is -2.23. The van der Waals surface area contributed by atoms with Gasteiger partial charge in [-0.15, -0.1) is 11.3 Å². The molecule has 0 radical (unpaired) electrons. The lowest BCUT2D eigenvalue weighted by Gasteiger charge is -2.21. The van der Waals surface area contributed by atoms with E-state index in [1.54, 1.807) is 0 Å². The van der Waals surface area contributed by atoms with Gasteiger partial charge >= 0.3 is 0 Å². The van der Waals surface area contributed by atoms with Crippen molar-refractivity contribution in [2.45, 2.75) is 39.2 Å². The fourth-order valence-corrected chi connectivity index (χ4v) is 3.81. The second-order valence-corrected chi connectivity index (χ2v) is 6.08. The third kappa shape index (κ3) is 2.55. The molecule has 0 bridgehead atoms. The first-order chi connectivity index (χ1) is 9.28. The van der Waals surface area contributed by atoms with Crippen molar-refractivity contribution in [1.82, 2.24) is 15.3 Å². The summed E-state index contributed by atoms with van der Waals surface area (Å²) in [5.74, 6) is 0. The molecule has 2 heterocycles. The van der Waals surface area contributed by atoms with Crippen molar-refractivity contribution >= 4 is 11.3 Å². The highest BCUT2D eigenvalue weighted by Gasteiger charge is 2.24. The first-order valence-electron chi connectivity index (χ1n) is 6.94. The molecule has 2 aromatic rings. The monoisotopic (exact) mass is 273 g/mol. The number of pyridine rings is 1. The van der Waals surface area contributed by atoms with Crippen LogP contribution >= 0.6 is 11.3 Å². The van der Waals surface area contributed by atoms with E-state index in [2.05, 4.69) is 30.2 Å². The van der Waals surface area contributed by atoms with Gasteiger partial charge in [0.1, 0.15) is 5.01 Å². The third-order valence-electron chi connectivity index (χ3n) is 3.54. The summed E-state index contributed by atoms with van der Waals surface area (Å²) in [5.41, 5.74) is 3.52. The van der Waals surface area contributed by atoms with Gasteiger partial charge in [0, 0.05) is 17.1 Å². The van der Waals surface area contributed by atoms with Crippen LogP contribution in [-0.2, 0) is 6.42 Å². The van der Waals surface area contributed by atoms with E-state index in [1.807, 2.05) is 23.6 Å². The normalized spacial score (nSPS) is 18.3. The summed E-state index contributed by atoms with van der Waals surface area (Å²) in [6.07, 6.45) is 5.44. The molecule has 19 heavy (non-hydrogen) atoms. The lowest BCUT2D eigenvalue weighted by atomic mass is 9.98. The topological polar surface area (TPSA) is 37.8 Å². The number of rotatable bonds is 3. The van der Waals surface area contributed by atoms with Crippen molar-refractivity contribution in [2.24, 2.45) is 0 Å². The number of thiazole rings is 1. The van der Waals surface area contributed by atoms with E-state index in [4.69, 9.17) is 4.98 Å². The molecule has 0 spiro atoms. The van der Waals surface area contributed by atoms with E-state index >= 15 is 0 Å².